The van der Waals surface area contributed by atoms with Crippen LogP contribution in [0.1, 0.15) is 37.8 Å². The van der Waals surface area contributed by atoms with Crippen LogP contribution in [0.3, 0.4) is 0 Å². The minimum absolute atomic E-state index is 0.411. The molecule has 0 aliphatic rings. The first-order chi connectivity index (χ1) is 7.99. The summed E-state index contributed by atoms with van der Waals surface area (Å²) in [5.41, 5.74) is 2.37. The van der Waals surface area contributed by atoms with E-state index in [0.29, 0.717) is 11.8 Å². The van der Waals surface area contributed by atoms with Crippen molar-refractivity contribution in [1.29, 1.82) is 0 Å². The van der Waals surface area contributed by atoms with Crippen molar-refractivity contribution in [2.75, 3.05) is 12.9 Å². The number of ether oxygens (including phenoxy) is 1. The van der Waals surface area contributed by atoms with Crippen molar-refractivity contribution in [2.24, 2.45) is 5.92 Å². The molecule has 0 fully saturated rings. The Bertz CT molecular complexity index is 377. The van der Waals surface area contributed by atoms with Crippen molar-refractivity contribution in [1.82, 2.24) is 0 Å². The van der Waals surface area contributed by atoms with E-state index in [1.165, 1.54) is 11.1 Å². The number of thiol groups is 1. The lowest BCUT2D eigenvalue weighted by Gasteiger charge is -2.18. The monoisotopic (exact) mass is 272 g/mol. The van der Waals surface area contributed by atoms with Crippen molar-refractivity contribution < 1.29 is 4.74 Å². The minimum Gasteiger partial charge on any atom is -0.496 e. The summed E-state index contributed by atoms with van der Waals surface area (Å²) in [4.78, 5) is 0. The van der Waals surface area contributed by atoms with Gasteiger partial charge in [0, 0.05) is 5.02 Å². The molecule has 1 unspecified atom stereocenters. The zero-order valence-corrected chi connectivity index (χ0v) is 12.6. The van der Waals surface area contributed by atoms with Crippen molar-refractivity contribution in [3.63, 3.8) is 0 Å². The highest BCUT2D eigenvalue weighted by molar-refractivity contribution is 7.80. The molecule has 0 aromatic heterocycles. The lowest BCUT2D eigenvalue weighted by Crippen LogP contribution is -2.05. The van der Waals surface area contributed by atoms with Gasteiger partial charge in [-0.1, -0.05) is 32.4 Å². The topological polar surface area (TPSA) is 9.23 Å². The van der Waals surface area contributed by atoms with Crippen LogP contribution in [0.25, 0.3) is 0 Å². The summed E-state index contributed by atoms with van der Waals surface area (Å²) in [6.07, 6.45) is 0.951. The van der Waals surface area contributed by atoms with Gasteiger partial charge < -0.3 is 4.74 Å². The van der Waals surface area contributed by atoms with E-state index >= 15 is 0 Å². The van der Waals surface area contributed by atoms with Crippen molar-refractivity contribution in [3.05, 3.63) is 28.3 Å². The first-order valence-electron chi connectivity index (χ1n) is 5.96. The zero-order chi connectivity index (χ0) is 13.0. The van der Waals surface area contributed by atoms with Gasteiger partial charge in [0.25, 0.3) is 0 Å². The van der Waals surface area contributed by atoms with E-state index in [-0.39, 0.29) is 0 Å². The average Bonchev–Trinajstić information content (AvgIpc) is 2.28. The van der Waals surface area contributed by atoms with Gasteiger partial charge in [-0.3, -0.25) is 0 Å². The van der Waals surface area contributed by atoms with E-state index in [1.54, 1.807) is 7.11 Å². The normalized spacial score (nSPS) is 12.9. The molecule has 1 nitrogen and oxygen atoms in total. The predicted octanol–water partition coefficient (Wildman–Crippen LogP) is 4.58. The Labute approximate surface area is 115 Å². The van der Waals surface area contributed by atoms with Gasteiger partial charge in [-0.2, -0.15) is 12.6 Å². The maximum atomic E-state index is 6.18. The summed E-state index contributed by atoms with van der Waals surface area (Å²) in [6.45, 7) is 6.49. The van der Waals surface area contributed by atoms with E-state index in [1.807, 2.05) is 12.1 Å². The molecule has 0 saturated heterocycles. The molecule has 0 bridgehead atoms. The van der Waals surface area contributed by atoms with Gasteiger partial charge in [0.05, 0.1) is 7.11 Å². The zero-order valence-electron chi connectivity index (χ0n) is 11.0. The molecule has 1 aromatic rings. The molecular weight excluding hydrogens is 252 g/mol. The first kappa shape index (κ1) is 14.7. The molecule has 1 atom stereocenters. The van der Waals surface area contributed by atoms with E-state index in [0.717, 1.165) is 22.9 Å². The predicted molar refractivity (Wildman–Crippen MR) is 78.8 cm³/mol. The first-order valence-corrected chi connectivity index (χ1v) is 6.97. The van der Waals surface area contributed by atoms with Crippen molar-refractivity contribution >= 4 is 24.2 Å². The summed E-state index contributed by atoms with van der Waals surface area (Å²) < 4.78 is 5.55. The second-order valence-electron chi connectivity index (χ2n) is 4.83. The molecule has 0 amide bonds. The minimum atomic E-state index is 0.411. The average molecular weight is 273 g/mol. The summed E-state index contributed by atoms with van der Waals surface area (Å²) in [6, 6.07) is 4.01. The summed E-state index contributed by atoms with van der Waals surface area (Å²) in [5.74, 6) is 2.78. The van der Waals surface area contributed by atoms with Crippen molar-refractivity contribution in [3.8, 4) is 5.75 Å². The van der Waals surface area contributed by atoms with Crippen LogP contribution in [0.2, 0.25) is 5.02 Å². The molecule has 17 heavy (non-hydrogen) atoms. The number of halogens is 1. The molecule has 0 spiro atoms. The molecular formula is C14H21ClOS. The lowest BCUT2D eigenvalue weighted by atomic mass is 9.94. The molecule has 0 saturated carbocycles. The molecule has 3 heteroatoms. The third-order valence-corrected chi connectivity index (χ3v) is 3.71. The third-order valence-electron chi connectivity index (χ3n) is 2.87. The molecule has 0 N–H and O–H groups in total. The second-order valence-corrected chi connectivity index (χ2v) is 5.64. The van der Waals surface area contributed by atoms with E-state index in [2.05, 4.69) is 33.4 Å². The number of hydrogen-bond donors (Lipinski definition) is 1. The van der Waals surface area contributed by atoms with Crippen LogP contribution in [0, 0.1) is 5.92 Å². The SMILES string of the molecule is COc1c(CC(C)CS)cc(Cl)cc1C(C)C. The molecule has 1 aromatic carbocycles. The Kier molecular flexibility index (Phi) is 5.68. The fraction of sp³-hybridized carbons (Fsp3) is 0.571. The summed E-state index contributed by atoms with van der Waals surface area (Å²) in [7, 11) is 1.73. The Morgan fingerprint density at radius 1 is 1.29 bits per heavy atom. The Balaban J connectivity index is 3.18. The Morgan fingerprint density at radius 3 is 2.41 bits per heavy atom. The van der Waals surface area contributed by atoms with Crippen molar-refractivity contribution in [2.45, 2.75) is 33.1 Å². The number of hydrogen-bond acceptors (Lipinski definition) is 2. The van der Waals surface area contributed by atoms with Crippen LogP contribution in [-0.2, 0) is 6.42 Å². The van der Waals surface area contributed by atoms with Gasteiger partial charge in [0.2, 0.25) is 0 Å². The largest absolute Gasteiger partial charge is 0.496 e. The quantitative estimate of drug-likeness (QED) is 0.772. The van der Waals surface area contributed by atoms with Crippen LogP contribution in [-0.4, -0.2) is 12.9 Å². The summed E-state index contributed by atoms with van der Waals surface area (Å²) in [5, 5.41) is 0.788. The van der Waals surface area contributed by atoms with Gasteiger partial charge >= 0.3 is 0 Å². The molecule has 96 valence electrons. The van der Waals surface area contributed by atoms with Crippen LogP contribution < -0.4 is 4.74 Å². The fourth-order valence-corrected chi connectivity index (χ4v) is 2.32. The number of benzene rings is 1. The van der Waals surface area contributed by atoms with Gasteiger partial charge in [-0.25, -0.2) is 0 Å². The molecule has 1 rings (SSSR count). The highest BCUT2D eigenvalue weighted by Crippen LogP contribution is 2.34. The Hall–Kier alpha value is -0.340. The highest BCUT2D eigenvalue weighted by atomic mass is 35.5. The van der Waals surface area contributed by atoms with Gasteiger partial charge in [-0.05, 0) is 47.3 Å². The van der Waals surface area contributed by atoms with Crippen LogP contribution >= 0.6 is 24.2 Å². The molecule has 0 radical (unpaired) electrons. The Morgan fingerprint density at radius 2 is 1.94 bits per heavy atom. The van der Waals surface area contributed by atoms with Gasteiger partial charge in [0.1, 0.15) is 5.75 Å². The maximum absolute atomic E-state index is 6.18. The van der Waals surface area contributed by atoms with E-state index < -0.39 is 0 Å². The lowest BCUT2D eigenvalue weighted by molar-refractivity contribution is 0.400. The highest BCUT2D eigenvalue weighted by Gasteiger charge is 2.15. The van der Waals surface area contributed by atoms with Gasteiger partial charge in [-0.15, -0.1) is 0 Å². The fourth-order valence-electron chi connectivity index (χ4n) is 1.94. The smallest absolute Gasteiger partial charge is 0.125 e. The third kappa shape index (κ3) is 3.82. The number of rotatable bonds is 5. The molecule has 0 aliphatic heterocycles. The van der Waals surface area contributed by atoms with E-state index in [9.17, 15) is 0 Å². The molecule has 0 heterocycles. The maximum Gasteiger partial charge on any atom is 0.125 e. The van der Waals surface area contributed by atoms with Crippen LogP contribution in [0.4, 0.5) is 0 Å². The summed E-state index contributed by atoms with van der Waals surface area (Å²) >= 11 is 10.5. The number of methoxy groups -OCH3 is 1. The molecule has 0 aliphatic carbocycles. The van der Waals surface area contributed by atoms with E-state index in [4.69, 9.17) is 16.3 Å². The van der Waals surface area contributed by atoms with Crippen LogP contribution in [0.5, 0.6) is 5.75 Å². The standard InChI is InChI=1S/C14H21ClOS/c1-9(2)13-7-12(15)6-11(14(13)16-4)5-10(3)8-17/h6-7,9-10,17H,5,8H2,1-4H3. The second kappa shape index (κ2) is 6.55. The van der Waals surface area contributed by atoms with Gasteiger partial charge in [0.15, 0.2) is 0 Å². The van der Waals surface area contributed by atoms with Crippen LogP contribution in [0.15, 0.2) is 12.1 Å².